The molecule has 0 aromatic heterocycles. The topological polar surface area (TPSA) is 23.6 Å². The highest BCUT2D eigenvalue weighted by Crippen LogP contribution is 2.31. The highest BCUT2D eigenvalue weighted by Gasteiger charge is 2.33. The molecule has 0 unspecified atom stereocenters. The molecule has 23 heavy (non-hydrogen) atoms. The van der Waals surface area contributed by atoms with Crippen LogP contribution < -0.4 is 0 Å². The van der Waals surface area contributed by atoms with Crippen molar-refractivity contribution < 1.29 is 13.6 Å². The van der Waals surface area contributed by atoms with Crippen molar-refractivity contribution in [2.24, 2.45) is 11.8 Å². The first-order chi connectivity index (χ1) is 11.0. The summed E-state index contributed by atoms with van der Waals surface area (Å²) in [6.07, 6.45) is 4.13. The Morgan fingerprint density at radius 3 is 2.52 bits per heavy atom. The predicted octanol–water partition coefficient (Wildman–Crippen LogP) is 3.05. The molecule has 0 N–H and O–H groups in total. The molecule has 0 bridgehead atoms. The normalized spacial score (nSPS) is 19.8. The number of hydrogen-bond acceptors (Lipinski definition) is 2. The monoisotopic (exact) mass is 322 g/mol. The Balaban J connectivity index is 1.45. The molecule has 3 nitrogen and oxygen atoms in total. The van der Waals surface area contributed by atoms with Gasteiger partial charge in [0.15, 0.2) is 0 Å². The number of carbonyl (C=O) groups is 1. The number of carbonyl (C=O) groups excluding carboxylic acids is 1. The molecule has 2 aliphatic rings. The SMILES string of the molecule is CN(CC1CCN(Cc2ccc(F)cc2F)CC1)C(=O)C1CC1. The van der Waals surface area contributed by atoms with Gasteiger partial charge in [-0.3, -0.25) is 9.69 Å². The van der Waals surface area contributed by atoms with Gasteiger partial charge in [0.2, 0.25) is 5.91 Å². The molecule has 126 valence electrons. The zero-order chi connectivity index (χ0) is 16.4. The van der Waals surface area contributed by atoms with E-state index in [2.05, 4.69) is 4.90 Å². The van der Waals surface area contributed by atoms with Gasteiger partial charge in [0.05, 0.1) is 0 Å². The summed E-state index contributed by atoms with van der Waals surface area (Å²) in [5.74, 6) is 0.0922. The van der Waals surface area contributed by atoms with Crippen LogP contribution in [0.5, 0.6) is 0 Å². The molecule has 0 spiro atoms. The molecule has 1 amide bonds. The molecule has 1 heterocycles. The van der Waals surface area contributed by atoms with E-state index in [0.717, 1.165) is 51.4 Å². The van der Waals surface area contributed by atoms with E-state index in [1.165, 1.54) is 12.1 Å². The maximum absolute atomic E-state index is 13.7. The van der Waals surface area contributed by atoms with Crippen LogP contribution in [0.4, 0.5) is 8.78 Å². The third-order valence-corrected chi connectivity index (χ3v) is 4.95. The van der Waals surface area contributed by atoms with E-state index in [1.54, 1.807) is 0 Å². The molecule has 1 aliphatic carbocycles. The number of piperidine rings is 1. The lowest BCUT2D eigenvalue weighted by Gasteiger charge is -2.34. The van der Waals surface area contributed by atoms with Crippen LogP contribution in [0, 0.1) is 23.5 Å². The summed E-state index contributed by atoms with van der Waals surface area (Å²) in [7, 11) is 1.90. The van der Waals surface area contributed by atoms with Crippen molar-refractivity contribution >= 4 is 5.91 Å². The maximum Gasteiger partial charge on any atom is 0.225 e. The molecular formula is C18H24F2N2O. The number of halogens is 2. The minimum atomic E-state index is -0.534. The molecule has 1 saturated carbocycles. The molecule has 0 radical (unpaired) electrons. The summed E-state index contributed by atoms with van der Waals surface area (Å²) in [5, 5.41) is 0. The molecule has 3 rings (SSSR count). The minimum absolute atomic E-state index is 0.279. The first-order valence-electron chi connectivity index (χ1n) is 8.44. The lowest BCUT2D eigenvalue weighted by Crippen LogP contribution is -2.39. The van der Waals surface area contributed by atoms with Crippen molar-refractivity contribution in [3.63, 3.8) is 0 Å². The van der Waals surface area contributed by atoms with Crippen molar-refractivity contribution in [3.05, 3.63) is 35.4 Å². The maximum atomic E-state index is 13.7. The summed E-state index contributed by atoms with van der Waals surface area (Å²) in [6.45, 7) is 3.14. The average molecular weight is 322 g/mol. The van der Waals surface area contributed by atoms with Gasteiger partial charge in [-0.25, -0.2) is 8.78 Å². The quantitative estimate of drug-likeness (QED) is 0.832. The van der Waals surface area contributed by atoms with E-state index < -0.39 is 11.6 Å². The van der Waals surface area contributed by atoms with E-state index in [9.17, 15) is 13.6 Å². The Hall–Kier alpha value is -1.49. The Bertz CT molecular complexity index is 566. The molecular weight excluding hydrogens is 298 g/mol. The summed E-state index contributed by atoms with van der Waals surface area (Å²) in [5.41, 5.74) is 0.547. The van der Waals surface area contributed by atoms with E-state index in [0.29, 0.717) is 23.9 Å². The van der Waals surface area contributed by atoms with Gasteiger partial charge in [-0.1, -0.05) is 6.07 Å². The Kier molecular flexibility index (Phi) is 4.95. The molecule has 2 fully saturated rings. The van der Waals surface area contributed by atoms with Gasteiger partial charge in [-0.2, -0.15) is 0 Å². The number of rotatable bonds is 5. The fourth-order valence-corrected chi connectivity index (χ4v) is 3.34. The van der Waals surface area contributed by atoms with E-state index in [4.69, 9.17) is 0 Å². The lowest BCUT2D eigenvalue weighted by molar-refractivity contribution is -0.132. The smallest absolute Gasteiger partial charge is 0.225 e. The fourth-order valence-electron chi connectivity index (χ4n) is 3.34. The Morgan fingerprint density at radius 2 is 1.91 bits per heavy atom. The van der Waals surface area contributed by atoms with Crippen molar-refractivity contribution in [3.8, 4) is 0 Å². The van der Waals surface area contributed by atoms with Gasteiger partial charge in [0.25, 0.3) is 0 Å². The second kappa shape index (κ2) is 6.95. The average Bonchev–Trinajstić information content (AvgIpc) is 3.36. The zero-order valence-corrected chi connectivity index (χ0v) is 13.6. The first kappa shape index (κ1) is 16.4. The summed E-state index contributed by atoms with van der Waals surface area (Å²) < 4.78 is 26.7. The Labute approximate surface area is 136 Å². The van der Waals surface area contributed by atoms with Crippen molar-refractivity contribution in [2.45, 2.75) is 32.2 Å². The summed E-state index contributed by atoms with van der Waals surface area (Å²) in [6, 6.07) is 3.78. The molecule has 1 aromatic rings. The fraction of sp³-hybridized carbons (Fsp3) is 0.611. The standard InChI is InChI=1S/C18H24F2N2O/c1-21(18(23)14-2-3-14)11-13-6-8-22(9-7-13)12-15-4-5-16(19)10-17(15)20/h4-5,10,13-14H,2-3,6-9,11-12H2,1H3. The highest BCUT2D eigenvalue weighted by molar-refractivity contribution is 5.80. The summed E-state index contributed by atoms with van der Waals surface area (Å²) in [4.78, 5) is 16.1. The number of hydrogen-bond donors (Lipinski definition) is 0. The highest BCUT2D eigenvalue weighted by atomic mass is 19.1. The molecule has 1 aromatic carbocycles. The van der Waals surface area contributed by atoms with Crippen molar-refractivity contribution in [2.75, 3.05) is 26.7 Å². The van der Waals surface area contributed by atoms with Crippen LogP contribution in [-0.4, -0.2) is 42.4 Å². The molecule has 1 saturated heterocycles. The molecule has 1 aliphatic heterocycles. The largest absolute Gasteiger partial charge is 0.345 e. The van der Waals surface area contributed by atoms with E-state index >= 15 is 0 Å². The minimum Gasteiger partial charge on any atom is -0.345 e. The van der Waals surface area contributed by atoms with Crippen LogP contribution in [-0.2, 0) is 11.3 Å². The first-order valence-corrected chi connectivity index (χ1v) is 8.44. The number of amides is 1. The lowest BCUT2D eigenvalue weighted by atomic mass is 9.95. The van der Waals surface area contributed by atoms with E-state index in [-0.39, 0.29) is 5.92 Å². The van der Waals surface area contributed by atoms with Crippen LogP contribution in [0.3, 0.4) is 0 Å². The van der Waals surface area contributed by atoms with Crippen LogP contribution in [0.1, 0.15) is 31.2 Å². The van der Waals surface area contributed by atoms with Crippen LogP contribution in [0.25, 0.3) is 0 Å². The summed E-state index contributed by atoms with van der Waals surface area (Å²) >= 11 is 0. The Morgan fingerprint density at radius 1 is 1.22 bits per heavy atom. The van der Waals surface area contributed by atoms with Gasteiger partial charge < -0.3 is 4.90 Å². The number of nitrogens with zero attached hydrogens (tertiary/aromatic N) is 2. The number of likely N-dealkylation sites (tertiary alicyclic amines) is 1. The van der Waals surface area contributed by atoms with Crippen LogP contribution in [0.2, 0.25) is 0 Å². The van der Waals surface area contributed by atoms with Crippen molar-refractivity contribution in [1.29, 1.82) is 0 Å². The van der Waals surface area contributed by atoms with Gasteiger partial charge in [-0.05, 0) is 50.8 Å². The third-order valence-electron chi connectivity index (χ3n) is 4.95. The molecule has 5 heteroatoms. The number of benzene rings is 1. The second-order valence-corrected chi connectivity index (χ2v) is 6.95. The molecule has 0 atom stereocenters. The van der Waals surface area contributed by atoms with Crippen molar-refractivity contribution in [1.82, 2.24) is 9.80 Å². The van der Waals surface area contributed by atoms with Crippen LogP contribution >= 0.6 is 0 Å². The third kappa shape index (κ3) is 4.28. The van der Waals surface area contributed by atoms with Crippen LogP contribution in [0.15, 0.2) is 18.2 Å². The van der Waals surface area contributed by atoms with Gasteiger partial charge >= 0.3 is 0 Å². The predicted molar refractivity (Wildman–Crippen MR) is 84.7 cm³/mol. The zero-order valence-electron chi connectivity index (χ0n) is 13.6. The van der Waals surface area contributed by atoms with Gasteiger partial charge in [0, 0.05) is 37.7 Å². The second-order valence-electron chi connectivity index (χ2n) is 6.95. The van der Waals surface area contributed by atoms with Gasteiger partial charge in [0.1, 0.15) is 11.6 Å². The van der Waals surface area contributed by atoms with E-state index in [1.807, 2.05) is 11.9 Å². The van der Waals surface area contributed by atoms with Gasteiger partial charge in [-0.15, -0.1) is 0 Å².